The number of aryl methyl sites for hydroxylation is 2. The van der Waals surface area contributed by atoms with Crippen molar-refractivity contribution in [3.8, 4) is 11.1 Å². The first-order chi connectivity index (χ1) is 8.63. The molecule has 2 rings (SSSR count). The van der Waals surface area contributed by atoms with Crippen LogP contribution in [0.2, 0.25) is 0 Å². The Morgan fingerprint density at radius 3 is 2.28 bits per heavy atom. The summed E-state index contributed by atoms with van der Waals surface area (Å²) in [7, 11) is 1.41. The van der Waals surface area contributed by atoms with Crippen LogP contribution in [-0.4, -0.2) is 13.1 Å². The van der Waals surface area contributed by atoms with Gasteiger partial charge in [0.05, 0.1) is 12.7 Å². The number of hydrogen-bond donors (Lipinski definition) is 0. The zero-order valence-electron chi connectivity index (χ0n) is 10.9. The Kier molecular flexibility index (Phi) is 3.47. The Labute approximate surface area is 107 Å². The lowest BCUT2D eigenvalue weighted by molar-refractivity contribution is 0.0601. The van der Waals surface area contributed by atoms with Crippen molar-refractivity contribution in [1.82, 2.24) is 0 Å². The lowest BCUT2D eigenvalue weighted by atomic mass is 9.95. The number of ether oxygens (including phenoxy) is 1. The molecule has 0 bridgehead atoms. The van der Waals surface area contributed by atoms with Crippen LogP contribution in [-0.2, 0) is 4.74 Å². The van der Waals surface area contributed by atoms with Crippen LogP contribution >= 0.6 is 0 Å². The summed E-state index contributed by atoms with van der Waals surface area (Å²) in [6.07, 6.45) is 0. The number of esters is 1. The molecule has 0 aliphatic carbocycles. The van der Waals surface area contributed by atoms with Crippen molar-refractivity contribution >= 4 is 5.97 Å². The van der Waals surface area contributed by atoms with Crippen LogP contribution in [0, 0.1) is 13.8 Å². The number of benzene rings is 2. The largest absolute Gasteiger partial charge is 0.465 e. The molecule has 0 saturated heterocycles. The molecule has 0 radical (unpaired) electrons. The minimum absolute atomic E-state index is 0.288. The molecule has 0 spiro atoms. The number of hydrogen-bond acceptors (Lipinski definition) is 2. The van der Waals surface area contributed by atoms with Crippen LogP contribution in [0.4, 0.5) is 0 Å². The first-order valence-electron chi connectivity index (χ1n) is 5.88. The van der Waals surface area contributed by atoms with E-state index >= 15 is 0 Å². The van der Waals surface area contributed by atoms with Gasteiger partial charge in [-0.2, -0.15) is 0 Å². The monoisotopic (exact) mass is 240 g/mol. The van der Waals surface area contributed by atoms with Crippen LogP contribution in [0.15, 0.2) is 42.5 Å². The summed E-state index contributed by atoms with van der Waals surface area (Å²) in [6, 6.07) is 14.0. The van der Waals surface area contributed by atoms with E-state index in [4.69, 9.17) is 4.74 Å². The van der Waals surface area contributed by atoms with Gasteiger partial charge >= 0.3 is 5.97 Å². The first-order valence-corrected chi connectivity index (χ1v) is 5.88. The maximum Gasteiger partial charge on any atom is 0.338 e. The SMILES string of the molecule is COC(=O)c1c(C)cccc1-c1ccc(C)cc1. The van der Waals surface area contributed by atoms with Gasteiger partial charge in [-0.3, -0.25) is 0 Å². The van der Waals surface area contributed by atoms with Crippen LogP contribution < -0.4 is 0 Å². The van der Waals surface area contributed by atoms with Crippen LogP contribution in [0.5, 0.6) is 0 Å². The van der Waals surface area contributed by atoms with Crippen molar-refractivity contribution in [2.24, 2.45) is 0 Å². The Morgan fingerprint density at radius 1 is 1.00 bits per heavy atom. The van der Waals surface area contributed by atoms with Crippen LogP contribution in [0.1, 0.15) is 21.5 Å². The average molecular weight is 240 g/mol. The van der Waals surface area contributed by atoms with Gasteiger partial charge in [-0.25, -0.2) is 4.79 Å². The van der Waals surface area contributed by atoms with Gasteiger partial charge in [-0.05, 0) is 30.5 Å². The standard InChI is InChI=1S/C16H16O2/c1-11-7-9-13(10-8-11)14-6-4-5-12(2)15(14)16(17)18-3/h4-10H,1-3H3. The fraction of sp³-hybridized carbons (Fsp3) is 0.188. The smallest absolute Gasteiger partial charge is 0.338 e. The molecule has 2 aromatic rings. The summed E-state index contributed by atoms with van der Waals surface area (Å²) in [4.78, 5) is 11.9. The van der Waals surface area contributed by atoms with Gasteiger partial charge in [0, 0.05) is 0 Å². The summed E-state index contributed by atoms with van der Waals surface area (Å²) >= 11 is 0. The van der Waals surface area contributed by atoms with Crippen molar-refractivity contribution in [2.45, 2.75) is 13.8 Å². The molecule has 0 N–H and O–H groups in total. The predicted molar refractivity (Wildman–Crippen MR) is 72.7 cm³/mol. The maximum absolute atomic E-state index is 11.9. The van der Waals surface area contributed by atoms with E-state index in [9.17, 15) is 4.79 Å². The summed E-state index contributed by atoms with van der Waals surface area (Å²) < 4.78 is 4.86. The molecule has 18 heavy (non-hydrogen) atoms. The van der Waals surface area contributed by atoms with Crippen molar-refractivity contribution < 1.29 is 9.53 Å². The molecular weight excluding hydrogens is 224 g/mol. The van der Waals surface area contributed by atoms with E-state index < -0.39 is 0 Å². The Hall–Kier alpha value is -2.09. The molecule has 2 nitrogen and oxygen atoms in total. The number of carbonyl (C=O) groups excluding carboxylic acids is 1. The molecule has 2 heteroatoms. The Balaban J connectivity index is 2.60. The van der Waals surface area contributed by atoms with Gasteiger partial charge in [0.15, 0.2) is 0 Å². The maximum atomic E-state index is 11.9. The van der Waals surface area contributed by atoms with Crippen molar-refractivity contribution in [3.05, 3.63) is 59.2 Å². The third-order valence-corrected chi connectivity index (χ3v) is 3.02. The van der Waals surface area contributed by atoms with Gasteiger partial charge in [-0.15, -0.1) is 0 Å². The van der Waals surface area contributed by atoms with E-state index in [0.29, 0.717) is 5.56 Å². The zero-order chi connectivity index (χ0) is 13.1. The van der Waals surface area contributed by atoms with Gasteiger partial charge in [0.25, 0.3) is 0 Å². The van der Waals surface area contributed by atoms with E-state index in [1.165, 1.54) is 12.7 Å². The predicted octanol–water partition coefficient (Wildman–Crippen LogP) is 3.76. The molecule has 0 saturated carbocycles. The van der Waals surface area contributed by atoms with E-state index in [0.717, 1.165) is 16.7 Å². The Bertz CT molecular complexity index is 568. The van der Waals surface area contributed by atoms with E-state index in [-0.39, 0.29) is 5.97 Å². The number of rotatable bonds is 2. The number of carbonyl (C=O) groups is 1. The minimum atomic E-state index is -0.288. The molecule has 0 amide bonds. The fourth-order valence-corrected chi connectivity index (χ4v) is 2.01. The summed E-state index contributed by atoms with van der Waals surface area (Å²) in [5, 5.41) is 0. The average Bonchev–Trinajstić information content (AvgIpc) is 2.38. The normalized spacial score (nSPS) is 10.2. The minimum Gasteiger partial charge on any atom is -0.465 e. The summed E-state index contributed by atoms with van der Waals surface area (Å²) in [6.45, 7) is 3.96. The lowest BCUT2D eigenvalue weighted by Gasteiger charge is -2.11. The van der Waals surface area contributed by atoms with Gasteiger partial charge in [-0.1, -0.05) is 48.0 Å². The lowest BCUT2D eigenvalue weighted by Crippen LogP contribution is -2.06. The highest BCUT2D eigenvalue weighted by molar-refractivity contribution is 5.98. The zero-order valence-corrected chi connectivity index (χ0v) is 10.9. The highest BCUT2D eigenvalue weighted by Crippen LogP contribution is 2.27. The third-order valence-electron chi connectivity index (χ3n) is 3.02. The van der Waals surface area contributed by atoms with E-state index in [1.54, 1.807) is 0 Å². The summed E-state index contributed by atoms with van der Waals surface area (Å²) in [5.74, 6) is -0.288. The highest BCUT2D eigenvalue weighted by Gasteiger charge is 2.15. The number of methoxy groups -OCH3 is 1. The summed E-state index contributed by atoms with van der Waals surface area (Å²) in [5.41, 5.74) is 4.72. The van der Waals surface area contributed by atoms with E-state index in [1.807, 2.05) is 56.3 Å². The quantitative estimate of drug-likeness (QED) is 0.747. The highest BCUT2D eigenvalue weighted by atomic mass is 16.5. The molecule has 0 atom stereocenters. The molecule has 0 aliphatic heterocycles. The van der Waals surface area contributed by atoms with Gasteiger partial charge in [0.1, 0.15) is 0 Å². The van der Waals surface area contributed by atoms with Gasteiger partial charge < -0.3 is 4.74 Å². The third kappa shape index (κ3) is 2.28. The van der Waals surface area contributed by atoms with Gasteiger partial charge in [0.2, 0.25) is 0 Å². The molecule has 0 fully saturated rings. The van der Waals surface area contributed by atoms with Crippen molar-refractivity contribution in [1.29, 1.82) is 0 Å². The van der Waals surface area contributed by atoms with Crippen molar-refractivity contribution in [3.63, 3.8) is 0 Å². The van der Waals surface area contributed by atoms with Crippen molar-refractivity contribution in [2.75, 3.05) is 7.11 Å². The second-order valence-electron chi connectivity index (χ2n) is 4.36. The van der Waals surface area contributed by atoms with Crippen LogP contribution in [0.25, 0.3) is 11.1 Å². The molecule has 0 aliphatic rings. The topological polar surface area (TPSA) is 26.3 Å². The molecule has 0 unspecified atom stereocenters. The van der Waals surface area contributed by atoms with E-state index in [2.05, 4.69) is 0 Å². The Morgan fingerprint density at radius 2 is 1.67 bits per heavy atom. The molecule has 0 aromatic heterocycles. The molecular formula is C16H16O2. The fourth-order valence-electron chi connectivity index (χ4n) is 2.01. The van der Waals surface area contributed by atoms with Crippen LogP contribution in [0.3, 0.4) is 0 Å². The molecule has 92 valence electrons. The second-order valence-corrected chi connectivity index (χ2v) is 4.36. The molecule has 2 aromatic carbocycles. The first kappa shape index (κ1) is 12.4. The molecule has 0 heterocycles. The second kappa shape index (κ2) is 5.05.